The van der Waals surface area contributed by atoms with Crippen LogP contribution in [0, 0.1) is 0 Å². The van der Waals surface area contributed by atoms with Crippen LogP contribution in [0.2, 0.25) is 0 Å². The molecule has 1 aromatic carbocycles. The highest BCUT2D eigenvalue weighted by molar-refractivity contribution is 9.10. The first-order chi connectivity index (χ1) is 14.3. The first kappa shape index (κ1) is 23.7. The lowest BCUT2D eigenvalue weighted by molar-refractivity contribution is -0.146. The van der Waals surface area contributed by atoms with Gasteiger partial charge in [0.15, 0.2) is 18.1 Å². The van der Waals surface area contributed by atoms with E-state index in [2.05, 4.69) is 20.7 Å². The van der Waals surface area contributed by atoms with Gasteiger partial charge in [-0.15, -0.1) is 0 Å². The molecule has 2 amide bonds. The van der Waals surface area contributed by atoms with E-state index in [4.69, 9.17) is 14.2 Å². The van der Waals surface area contributed by atoms with Gasteiger partial charge in [0.2, 0.25) is 0 Å². The van der Waals surface area contributed by atoms with Gasteiger partial charge < -0.3 is 18.9 Å². The van der Waals surface area contributed by atoms with Crippen LogP contribution in [0.25, 0.3) is 6.08 Å². The highest BCUT2D eigenvalue weighted by atomic mass is 79.9. The second kappa shape index (κ2) is 11.0. The number of imide groups is 1. The molecule has 1 aliphatic rings. The minimum absolute atomic E-state index is 0.149. The van der Waals surface area contributed by atoms with E-state index in [9.17, 15) is 19.2 Å². The van der Waals surface area contributed by atoms with Crippen LogP contribution in [-0.4, -0.2) is 61.5 Å². The number of ether oxygens (including phenoxy) is 4. The summed E-state index contributed by atoms with van der Waals surface area (Å²) in [5.41, 5.74) is 0.547. The van der Waals surface area contributed by atoms with Crippen LogP contribution in [0.4, 0.5) is 4.79 Å². The van der Waals surface area contributed by atoms with Crippen LogP contribution in [0.3, 0.4) is 0 Å². The Morgan fingerprint density at radius 2 is 1.80 bits per heavy atom. The van der Waals surface area contributed by atoms with Gasteiger partial charge in [0.05, 0.1) is 25.2 Å². The van der Waals surface area contributed by atoms with Crippen molar-refractivity contribution >= 4 is 56.9 Å². The average molecular weight is 502 g/mol. The average Bonchev–Trinajstić information content (AvgIpc) is 2.96. The molecule has 0 spiro atoms. The number of carbonyl (C=O) groups excluding carboxylic acids is 4. The fourth-order valence-electron chi connectivity index (χ4n) is 2.35. The van der Waals surface area contributed by atoms with Crippen LogP contribution in [0.1, 0.15) is 19.4 Å². The van der Waals surface area contributed by atoms with Gasteiger partial charge in [0.1, 0.15) is 6.54 Å². The summed E-state index contributed by atoms with van der Waals surface area (Å²) >= 11 is 4.11. The molecule has 30 heavy (non-hydrogen) atoms. The quantitative estimate of drug-likeness (QED) is 0.372. The standard InChI is InChI=1S/C19H20BrNO8S/c1-4-27-13-6-11(12(20)8-14(13)29-10-17(23)26-3)7-15-18(24)21(19(25)30-15)9-16(22)28-5-2/h6-8H,4-5,9-10H2,1-3H3/b15-7+. The van der Waals surface area contributed by atoms with Crippen molar-refractivity contribution < 1.29 is 38.1 Å². The second-order valence-electron chi connectivity index (χ2n) is 5.69. The summed E-state index contributed by atoms with van der Waals surface area (Å²) in [5.74, 6) is -1.14. The number of hydrogen-bond donors (Lipinski definition) is 0. The molecule has 0 saturated carbocycles. The number of nitrogens with zero attached hydrogens (tertiary/aromatic N) is 1. The molecule has 0 atom stereocenters. The lowest BCUT2D eigenvalue weighted by atomic mass is 10.2. The summed E-state index contributed by atoms with van der Waals surface area (Å²) in [5, 5.41) is -0.557. The smallest absolute Gasteiger partial charge is 0.343 e. The Morgan fingerprint density at radius 1 is 1.10 bits per heavy atom. The third kappa shape index (κ3) is 5.99. The highest BCUT2D eigenvalue weighted by Crippen LogP contribution is 2.38. The van der Waals surface area contributed by atoms with E-state index < -0.39 is 29.6 Å². The monoisotopic (exact) mass is 501 g/mol. The minimum atomic E-state index is -0.659. The van der Waals surface area contributed by atoms with Crippen molar-refractivity contribution in [2.24, 2.45) is 0 Å². The maximum absolute atomic E-state index is 12.5. The Balaban J connectivity index is 2.28. The number of hydrogen-bond acceptors (Lipinski definition) is 9. The number of amides is 2. The van der Waals surface area contributed by atoms with Crippen LogP contribution < -0.4 is 9.47 Å². The molecule has 162 valence electrons. The molecule has 1 aliphatic heterocycles. The van der Waals surface area contributed by atoms with Crippen molar-refractivity contribution in [1.82, 2.24) is 4.90 Å². The first-order valence-corrected chi connectivity index (χ1v) is 10.5. The zero-order chi connectivity index (χ0) is 22.3. The van der Waals surface area contributed by atoms with E-state index in [0.29, 0.717) is 28.1 Å². The van der Waals surface area contributed by atoms with Crippen molar-refractivity contribution in [3.05, 3.63) is 27.1 Å². The Bertz CT molecular complexity index is 886. The van der Waals surface area contributed by atoms with E-state index >= 15 is 0 Å². The van der Waals surface area contributed by atoms with E-state index in [0.717, 1.165) is 16.7 Å². The molecule has 0 aromatic heterocycles. The van der Waals surface area contributed by atoms with Crippen molar-refractivity contribution in [2.75, 3.05) is 33.5 Å². The first-order valence-electron chi connectivity index (χ1n) is 8.87. The number of methoxy groups -OCH3 is 1. The highest BCUT2D eigenvalue weighted by Gasteiger charge is 2.36. The van der Waals surface area contributed by atoms with Crippen LogP contribution >= 0.6 is 27.7 Å². The molecule has 1 fully saturated rings. The molecule has 0 unspecified atom stereocenters. The molecule has 0 N–H and O–H groups in total. The molecule has 1 aromatic rings. The van der Waals surface area contributed by atoms with Gasteiger partial charge in [0.25, 0.3) is 11.1 Å². The zero-order valence-corrected chi connectivity index (χ0v) is 19.0. The Hall–Kier alpha value is -2.53. The number of benzene rings is 1. The summed E-state index contributed by atoms with van der Waals surface area (Å²) in [6.45, 7) is 3.18. The Labute approximate surface area is 185 Å². The van der Waals surface area contributed by atoms with E-state index in [1.54, 1.807) is 26.0 Å². The summed E-state index contributed by atoms with van der Waals surface area (Å²) in [6.07, 6.45) is 1.51. The molecule has 9 nitrogen and oxygen atoms in total. The largest absolute Gasteiger partial charge is 0.490 e. The van der Waals surface area contributed by atoms with Crippen molar-refractivity contribution in [2.45, 2.75) is 13.8 Å². The molecule has 0 radical (unpaired) electrons. The minimum Gasteiger partial charge on any atom is -0.490 e. The van der Waals surface area contributed by atoms with E-state index in [1.165, 1.54) is 13.2 Å². The normalized spacial score (nSPS) is 14.8. The maximum atomic E-state index is 12.5. The number of esters is 2. The fourth-order valence-corrected chi connectivity index (χ4v) is 3.62. The summed E-state index contributed by atoms with van der Waals surface area (Å²) in [6, 6.07) is 3.20. The lowest BCUT2D eigenvalue weighted by Gasteiger charge is -2.13. The number of halogens is 1. The van der Waals surface area contributed by atoms with Gasteiger partial charge in [-0.3, -0.25) is 19.3 Å². The van der Waals surface area contributed by atoms with Crippen molar-refractivity contribution in [1.29, 1.82) is 0 Å². The fraction of sp³-hybridized carbons (Fsp3) is 0.368. The van der Waals surface area contributed by atoms with Crippen molar-refractivity contribution in [3.8, 4) is 11.5 Å². The van der Waals surface area contributed by atoms with Gasteiger partial charge in [-0.1, -0.05) is 15.9 Å². The third-order valence-corrected chi connectivity index (χ3v) is 5.28. The summed E-state index contributed by atoms with van der Waals surface area (Å²) in [7, 11) is 1.25. The van der Waals surface area contributed by atoms with Crippen molar-refractivity contribution in [3.63, 3.8) is 0 Å². The molecular weight excluding hydrogens is 482 g/mol. The Morgan fingerprint density at radius 3 is 2.43 bits per heavy atom. The van der Waals surface area contributed by atoms with Gasteiger partial charge >= 0.3 is 11.9 Å². The third-order valence-electron chi connectivity index (χ3n) is 3.69. The molecule has 0 aliphatic carbocycles. The predicted molar refractivity (Wildman–Crippen MR) is 112 cm³/mol. The second-order valence-corrected chi connectivity index (χ2v) is 7.54. The van der Waals surface area contributed by atoms with Gasteiger partial charge in [-0.25, -0.2) is 4.79 Å². The molecule has 11 heteroatoms. The van der Waals surface area contributed by atoms with Gasteiger partial charge in [-0.05, 0) is 49.4 Å². The SMILES string of the molecule is CCOC(=O)CN1C(=O)S/C(=C/c2cc(OCC)c(OCC(=O)OC)cc2Br)C1=O. The number of carbonyl (C=O) groups is 4. The zero-order valence-electron chi connectivity index (χ0n) is 16.6. The molecule has 1 saturated heterocycles. The van der Waals surface area contributed by atoms with E-state index in [-0.39, 0.29) is 18.1 Å². The maximum Gasteiger partial charge on any atom is 0.343 e. The molecule has 1 heterocycles. The predicted octanol–water partition coefficient (Wildman–Crippen LogP) is 3.00. The summed E-state index contributed by atoms with van der Waals surface area (Å²) in [4.78, 5) is 48.6. The lowest BCUT2D eigenvalue weighted by Crippen LogP contribution is -2.34. The molecule has 0 bridgehead atoms. The van der Waals surface area contributed by atoms with Crippen LogP contribution in [-0.2, 0) is 23.9 Å². The number of rotatable bonds is 9. The number of thioether (sulfide) groups is 1. The molecular formula is C19H20BrNO8S. The Kier molecular flexibility index (Phi) is 8.72. The summed E-state index contributed by atoms with van der Waals surface area (Å²) < 4.78 is 20.9. The van der Waals surface area contributed by atoms with Gasteiger partial charge in [0, 0.05) is 4.47 Å². The van der Waals surface area contributed by atoms with Gasteiger partial charge in [-0.2, -0.15) is 0 Å². The van der Waals surface area contributed by atoms with E-state index in [1.807, 2.05) is 0 Å². The topological polar surface area (TPSA) is 108 Å². The van der Waals surface area contributed by atoms with Crippen LogP contribution in [0.5, 0.6) is 11.5 Å². The molecule has 2 rings (SSSR count). The van der Waals surface area contributed by atoms with Crippen LogP contribution in [0.15, 0.2) is 21.5 Å².